The average molecular weight is 465 g/mol. The van der Waals surface area contributed by atoms with Crippen molar-refractivity contribution in [3.63, 3.8) is 0 Å². The molecule has 0 heterocycles. The van der Waals surface area contributed by atoms with E-state index in [4.69, 9.17) is 5.73 Å². The Morgan fingerprint density at radius 3 is 2.17 bits per heavy atom. The number of nitrogen functional groups attached to an aromatic ring is 1. The van der Waals surface area contributed by atoms with E-state index in [1.165, 1.54) is 44.1 Å². The maximum atomic E-state index is 6.30. The van der Waals surface area contributed by atoms with Crippen molar-refractivity contribution in [3.8, 4) is 0 Å². The molecular formula is C18H25Br2ClN2. The maximum Gasteiger partial charge on any atom is 1.00 e. The predicted octanol–water partition coefficient (Wildman–Crippen LogP) is 2.31. The first-order valence-corrected chi connectivity index (χ1v) is 9.98. The molecule has 0 aliphatic heterocycles. The van der Waals surface area contributed by atoms with Crippen molar-refractivity contribution in [2.75, 3.05) is 12.8 Å². The second kappa shape index (κ2) is 6.51. The van der Waals surface area contributed by atoms with E-state index < -0.39 is 0 Å². The SMILES string of the molecule is CN(Cc1cc(Br)cc(Br)c1N)C12CC3CC(CC(C3)C1)C2.[Cl-].[H+]. The molecule has 5 heteroatoms. The second-order valence-electron chi connectivity index (χ2n) is 7.96. The monoisotopic (exact) mass is 462 g/mol. The lowest BCUT2D eigenvalue weighted by atomic mass is 9.52. The molecule has 2 nitrogen and oxygen atoms in total. The summed E-state index contributed by atoms with van der Waals surface area (Å²) in [5.74, 6) is 2.96. The van der Waals surface area contributed by atoms with Crippen molar-refractivity contribution < 1.29 is 13.8 Å². The highest BCUT2D eigenvalue weighted by atomic mass is 79.9. The van der Waals surface area contributed by atoms with Crippen molar-refractivity contribution in [2.24, 2.45) is 17.8 Å². The fourth-order valence-corrected chi connectivity index (χ4v) is 7.04. The summed E-state index contributed by atoms with van der Waals surface area (Å²) >= 11 is 7.17. The Kier molecular flexibility index (Phi) is 5.10. The van der Waals surface area contributed by atoms with Crippen LogP contribution >= 0.6 is 31.9 Å². The van der Waals surface area contributed by atoms with Gasteiger partial charge in [0.15, 0.2) is 0 Å². The van der Waals surface area contributed by atoms with E-state index in [-0.39, 0.29) is 13.8 Å². The number of hydrogen-bond donors (Lipinski definition) is 1. The van der Waals surface area contributed by atoms with Gasteiger partial charge in [-0.3, -0.25) is 4.90 Å². The number of anilines is 1. The number of nitrogens with two attached hydrogens (primary N) is 1. The van der Waals surface area contributed by atoms with Gasteiger partial charge in [0, 0.05) is 21.0 Å². The zero-order chi connectivity index (χ0) is 15.5. The van der Waals surface area contributed by atoms with Crippen LogP contribution in [0.3, 0.4) is 0 Å². The summed E-state index contributed by atoms with van der Waals surface area (Å²) in [4.78, 5) is 2.63. The number of nitrogens with zero attached hydrogens (tertiary/aromatic N) is 1. The summed E-state index contributed by atoms with van der Waals surface area (Å²) in [6, 6.07) is 4.21. The molecule has 4 saturated carbocycles. The lowest BCUT2D eigenvalue weighted by Gasteiger charge is -2.60. The van der Waals surface area contributed by atoms with Crippen LogP contribution in [0, 0.1) is 17.8 Å². The van der Waals surface area contributed by atoms with Crippen LogP contribution in [0.15, 0.2) is 21.1 Å². The smallest absolute Gasteiger partial charge is 1.00 e. The van der Waals surface area contributed by atoms with Crippen LogP contribution in [0.4, 0.5) is 5.69 Å². The predicted molar refractivity (Wildman–Crippen MR) is 99.7 cm³/mol. The van der Waals surface area contributed by atoms with Crippen LogP contribution in [0.5, 0.6) is 0 Å². The highest BCUT2D eigenvalue weighted by Gasteiger charge is 2.52. The number of halogens is 3. The Bertz CT molecular complexity index is 576. The molecule has 4 bridgehead atoms. The van der Waals surface area contributed by atoms with E-state index in [0.717, 1.165) is 38.9 Å². The average Bonchev–Trinajstić information content (AvgIpc) is 2.42. The van der Waals surface area contributed by atoms with Crippen molar-refractivity contribution in [1.82, 2.24) is 4.90 Å². The van der Waals surface area contributed by atoms with E-state index in [9.17, 15) is 0 Å². The molecule has 4 aliphatic rings. The van der Waals surface area contributed by atoms with Crippen molar-refractivity contribution in [1.29, 1.82) is 0 Å². The van der Waals surface area contributed by atoms with Crippen LogP contribution in [0.25, 0.3) is 0 Å². The third kappa shape index (κ3) is 3.21. The van der Waals surface area contributed by atoms with Gasteiger partial charge in [-0.05, 0) is 97.0 Å². The van der Waals surface area contributed by atoms with Gasteiger partial charge < -0.3 is 18.1 Å². The van der Waals surface area contributed by atoms with Crippen LogP contribution < -0.4 is 18.1 Å². The fraction of sp³-hybridized carbons (Fsp3) is 0.667. The first-order valence-electron chi connectivity index (χ1n) is 8.40. The van der Waals surface area contributed by atoms with Gasteiger partial charge in [0.25, 0.3) is 0 Å². The molecule has 128 valence electrons. The van der Waals surface area contributed by atoms with Gasteiger partial charge in [0.05, 0.1) is 5.69 Å². The number of benzene rings is 1. The summed E-state index contributed by atoms with van der Waals surface area (Å²) in [6.07, 6.45) is 8.71. The summed E-state index contributed by atoms with van der Waals surface area (Å²) < 4.78 is 2.10. The lowest BCUT2D eigenvalue weighted by molar-refractivity contribution is -0.0821. The minimum absolute atomic E-state index is 0. The maximum absolute atomic E-state index is 6.30. The summed E-state index contributed by atoms with van der Waals surface area (Å²) in [6.45, 7) is 0.954. The van der Waals surface area contributed by atoms with Gasteiger partial charge in [-0.1, -0.05) is 15.9 Å². The number of rotatable bonds is 3. The van der Waals surface area contributed by atoms with E-state index in [1.54, 1.807) is 0 Å². The van der Waals surface area contributed by atoms with Gasteiger partial charge >= 0.3 is 1.43 Å². The number of hydrogen-bond acceptors (Lipinski definition) is 2. The Labute approximate surface area is 163 Å². The zero-order valence-corrected chi connectivity index (χ0v) is 17.4. The van der Waals surface area contributed by atoms with Gasteiger partial charge in [0.1, 0.15) is 0 Å². The van der Waals surface area contributed by atoms with Crippen LogP contribution in [-0.4, -0.2) is 17.5 Å². The van der Waals surface area contributed by atoms with E-state index in [0.29, 0.717) is 5.54 Å². The van der Waals surface area contributed by atoms with Gasteiger partial charge in [-0.2, -0.15) is 0 Å². The molecule has 0 spiro atoms. The third-order valence-electron chi connectivity index (χ3n) is 6.40. The fourth-order valence-electron chi connectivity index (χ4n) is 5.72. The molecule has 0 aromatic heterocycles. The summed E-state index contributed by atoms with van der Waals surface area (Å²) in [5.41, 5.74) is 8.86. The molecular weight excluding hydrogens is 439 g/mol. The lowest BCUT2D eigenvalue weighted by Crippen LogP contribution is -3.00. The van der Waals surface area contributed by atoms with Crippen molar-refractivity contribution in [3.05, 3.63) is 26.6 Å². The molecule has 0 amide bonds. The molecule has 0 atom stereocenters. The van der Waals surface area contributed by atoms with Crippen molar-refractivity contribution >= 4 is 37.5 Å². The van der Waals surface area contributed by atoms with E-state index in [1.807, 2.05) is 6.07 Å². The summed E-state index contributed by atoms with van der Waals surface area (Å²) in [5, 5.41) is 0. The van der Waals surface area contributed by atoms with Crippen LogP contribution in [-0.2, 0) is 6.54 Å². The van der Waals surface area contributed by atoms with Crippen LogP contribution in [0.2, 0.25) is 0 Å². The minimum atomic E-state index is 0. The molecule has 0 saturated heterocycles. The third-order valence-corrected chi connectivity index (χ3v) is 7.52. The van der Waals surface area contributed by atoms with E-state index in [2.05, 4.69) is 49.9 Å². The highest BCUT2D eigenvalue weighted by molar-refractivity contribution is 9.11. The van der Waals surface area contributed by atoms with Crippen molar-refractivity contribution in [2.45, 2.75) is 50.6 Å². The summed E-state index contributed by atoms with van der Waals surface area (Å²) in [7, 11) is 2.32. The molecule has 0 unspecified atom stereocenters. The Balaban J connectivity index is 0.00000104. The molecule has 1 aromatic carbocycles. The standard InChI is InChI=1S/C18H24Br2N2.ClH/c1-22(10-14-5-15(19)6-16(20)17(14)21)18-7-11-2-12(8-18)4-13(3-11)9-18;/h5-6,11-13H,2-4,7-10,21H2,1H3;1H. The largest absolute Gasteiger partial charge is 1.00 e. The molecule has 4 aliphatic carbocycles. The zero-order valence-electron chi connectivity index (χ0n) is 14.5. The van der Waals surface area contributed by atoms with Gasteiger partial charge in [-0.15, -0.1) is 0 Å². The Hall–Kier alpha value is 0.230. The molecule has 5 rings (SSSR count). The topological polar surface area (TPSA) is 29.3 Å². The normalized spacial score (nSPS) is 34.7. The van der Waals surface area contributed by atoms with E-state index >= 15 is 0 Å². The molecule has 23 heavy (non-hydrogen) atoms. The first kappa shape index (κ1) is 18.0. The highest BCUT2D eigenvalue weighted by Crippen LogP contribution is 2.57. The molecule has 4 fully saturated rings. The Morgan fingerprint density at radius 2 is 1.65 bits per heavy atom. The second-order valence-corrected chi connectivity index (χ2v) is 9.73. The molecule has 0 radical (unpaired) electrons. The van der Waals surface area contributed by atoms with Gasteiger partial charge in [0.2, 0.25) is 0 Å². The molecule has 1 aromatic rings. The quantitative estimate of drug-likeness (QED) is 0.696. The minimum Gasteiger partial charge on any atom is -1.00 e. The molecule has 2 N–H and O–H groups in total. The first-order chi connectivity index (χ1) is 10.4. The van der Waals surface area contributed by atoms with Gasteiger partial charge in [-0.25, -0.2) is 0 Å². The Morgan fingerprint density at radius 1 is 1.13 bits per heavy atom. The van der Waals surface area contributed by atoms with Crippen LogP contribution in [0.1, 0.15) is 45.5 Å².